The molecule has 2 aromatic heterocycles. The quantitative estimate of drug-likeness (QED) is 0.443. The number of hydrogen-bond acceptors (Lipinski definition) is 7. The zero-order chi connectivity index (χ0) is 19.1. The van der Waals surface area contributed by atoms with Crippen LogP contribution >= 0.6 is 0 Å². The van der Waals surface area contributed by atoms with E-state index in [2.05, 4.69) is 0 Å². The standard InChI is InChI=1S/C20H16O7/c1-20(2,24)18-16(22)10-6-11-14(7-13(10)26-18)27-19(23)15-9-4-3-8(21)5-12(9)25-17(11)15/h3-7,16,18,21-22,24H,1-2H3. The van der Waals surface area contributed by atoms with Crippen LogP contribution in [-0.2, 0) is 0 Å². The molecule has 0 spiro atoms. The number of aliphatic hydroxyl groups excluding tert-OH is 1. The highest BCUT2D eigenvalue weighted by Crippen LogP contribution is 2.44. The summed E-state index contributed by atoms with van der Waals surface area (Å²) in [7, 11) is 0. The van der Waals surface area contributed by atoms with E-state index in [0.717, 1.165) is 0 Å². The molecule has 0 saturated heterocycles. The number of benzene rings is 2. The largest absolute Gasteiger partial charge is 0.508 e. The Morgan fingerprint density at radius 2 is 1.78 bits per heavy atom. The Labute approximate surface area is 152 Å². The van der Waals surface area contributed by atoms with Crippen LogP contribution in [0.15, 0.2) is 44.0 Å². The number of hydrogen-bond donors (Lipinski definition) is 3. The molecule has 0 fully saturated rings. The molecule has 7 nitrogen and oxygen atoms in total. The van der Waals surface area contributed by atoms with Gasteiger partial charge in [-0.05, 0) is 32.0 Å². The van der Waals surface area contributed by atoms with Crippen molar-refractivity contribution in [2.45, 2.75) is 31.7 Å². The van der Waals surface area contributed by atoms with Crippen LogP contribution < -0.4 is 10.4 Å². The fraction of sp³-hybridized carbons (Fsp3) is 0.250. The summed E-state index contributed by atoms with van der Waals surface area (Å²) in [5, 5.41) is 31.8. The van der Waals surface area contributed by atoms with Crippen LogP contribution in [0.4, 0.5) is 0 Å². The summed E-state index contributed by atoms with van der Waals surface area (Å²) in [5.74, 6) is 0.367. The molecule has 0 bridgehead atoms. The van der Waals surface area contributed by atoms with E-state index in [9.17, 15) is 20.1 Å². The van der Waals surface area contributed by atoms with Crippen molar-refractivity contribution in [3.05, 3.63) is 46.3 Å². The van der Waals surface area contributed by atoms with Gasteiger partial charge in [0.1, 0.15) is 34.2 Å². The zero-order valence-corrected chi connectivity index (χ0v) is 14.5. The van der Waals surface area contributed by atoms with Gasteiger partial charge in [-0.2, -0.15) is 0 Å². The minimum Gasteiger partial charge on any atom is -0.508 e. The molecule has 0 saturated carbocycles. The summed E-state index contributed by atoms with van der Waals surface area (Å²) in [5.41, 5.74) is -0.441. The normalized spacial score (nSPS) is 19.7. The van der Waals surface area contributed by atoms with E-state index in [-0.39, 0.29) is 16.7 Å². The molecule has 3 N–H and O–H groups in total. The zero-order valence-electron chi connectivity index (χ0n) is 14.5. The van der Waals surface area contributed by atoms with E-state index < -0.39 is 23.4 Å². The molecule has 0 radical (unpaired) electrons. The van der Waals surface area contributed by atoms with Crippen molar-refractivity contribution in [2.24, 2.45) is 0 Å². The van der Waals surface area contributed by atoms with Crippen molar-refractivity contribution in [3.8, 4) is 11.5 Å². The van der Waals surface area contributed by atoms with E-state index in [0.29, 0.717) is 33.3 Å². The van der Waals surface area contributed by atoms with Gasteiger partial charge in [-0.3, -0.25) is 0 Å². The van der Waals surface area contributed by atoms with Crippen LogP contribution in [0.2, 0.25) is 0 Å². The second-order valence-electron chi connectivity index (χ2n) is 7.40. The molecule has 7 heteroatoms. The summed E-state index contributed by atoms with van der Waals surface area (Å²) in [4.78, 5) is 12.5. The monoisotopic (exact) mass is 368 g/mol. The van der Waals surface area contributed by atoms with E-state index >= 15 is 0 Å². The van der Waals surface area contributed by atoms with Gasteiger partial charge in [-0.1, -0.05) is 0 Å². The Bertz CT molecular complexity index is 1290. The van der Waals surface area contributed by atoms with Crippen LogP contribution in [-0.4, -0.2) is 27.0 Å². The number of ether oxygens (including phenoxy) is 1. The van der Waals surface area contributed by atoms with Crippen molar-refractivity contribution in [1.29, 1.82) is 0 Å². The Hall–Kier alpha value is -3.03. The summed E-state index contributed by atoms with van der Waals surface area (Å²) >= 11 is 0. The third-order valence-electron chi connectivity index (χ3n) is 4.99. The van der Waals surface area contributed by atoms with Gasteiger partial charge in [0.2, 0.25) is 0 Å². The van der Waals surface area contributed by atoms with Crippen LogP contribution in [0.3, 0.4) is 0 Å². The summed E-state index contributed by atoms with van der Waals surface area (Å²) in [6.07, 6.45) is -1.89. The van der Waals surface area contributed by atoms with Crippen molar-refractivity contribution < 1.29 is 28.9 Å². The molecule has 4 aromatic rings. The molecular weight excluding hydrogens is 352 g/mol. The van der Waals surface area contributed by atoms with Crippen molar-refractivity contribution in [3.63, 3.8) is 0 Å². The minimum atomic E-state index is -1.27. The lowest BCUT2D eigenvalue weighted by Gasteiger charge is -2.27. The average Bonchev–Trinajstić information content (AvgIpc) is 3.11. The van der Waals surface area contributed by atoms with Gasteiger partial charge in [-0.15, -0.1) is 0 Å². The maximum absolute atomic E-state index is 12.5. The molecule has 0 aliphatic carbocycles. The van der Waals surface area contributed by atoms with Gasteiger partial charge in [-0.25, -0.2) is 4.79 Å². The van der Waals surface area contributed by atoms with Gasteiger partial charge in [0, 0.05) is 23.1 Å². The smallest absolute Gasteiger partial charge is 0.348 e. The molecule has 0 amide bonds. The lowest BCUT2D eigenvalue weighted by Crippen LogP contribution is -2.41. The first-order valence-electron chi connectivity index (χ1n) is 8.47. The topological polar surface area (TPSA) is 113 Å². The SMILES string of the molecule is CC(C)(O)C1Oc2cc3oc(=O)c4c5ccc(O)cc5oc4c3cc2C1O. The third kappa shape index (κ3) is 2.19. The Balaban J connectivity index is 1.84. The number of phenolic OH excluding ortho intramolecular Hbond substituents is 1. The summed E-state index contributed by atoms with van der Waals surface area (Å²) < 4.78 is 17.0. The number of aromatic hydroxyl groups is 1. The van der Waals surface area contributed by atoms with Crippen molar-refractivity contribution in [1.82, 2.24) is 0 Å². The lowest BCUT2D eigenvalue weighted by atomic mass is 9.94. The molecule has 5 rings (SSSR count). The molecule has 2 aromatic carbocycles. The summed E-state index contributed by atoms with van der Waals surface area (Å²) in [6.45, 7) is 3.10. The van der Waals surface area contributed by atoms with E-state index in [1.807, 2.05) is 0 Å². The molecule has 1 aliphatic rings. The highest BCUT2D eigenvalue weighted by Gasteiger charge is 2.43. The molecule has 27 heavy (non-hydrogen) atoms. The first kappa shape index (κ1) is 16.2. The predicted octanol–water partition coefficient (Wildman–Crippen LogP) is 2.96. The first-order valence-corrected chi connectivity index (χ1v) is 8.47. The van der Waals surface area contributed by atoms with Gasteiger partial charge in [0.05, 0.1) is 11.0 Å². The number of aliphatic hydroxyl groups is 2. The molecule has 138 valence electrons. The second kappa shape index (κ2) is 5.03. The van der Waals surface area contributed by atoms with Crippen LogP contribution in [0.25, 0.3) is 32.9 Å². The van der Waals surface area contributed by atoms with Gasteiger partial charge in [0.25, 0.3) is 0 Å². The molecular formula is C20H16O7. The second-order valence-corrected chi connectivity index (χ2v) is 7.40. The van der Waals surface area contributed by atoms with Crippen LogP contribution in [0.5, 0.6) is 11.5 Å². The average molecular weight is 368 g/mol. The first-order chi connectivity index (χ1) is 12.7. The molecule has 2 unspecified atom stereocenters. The third-order valence-corrected chi connectivity index (χ3v) is 4.99. The number of furan rings is 1. The minimum absolute atomic E-state index is 0.0213. The Morgan fingerprint density at radius 1 is 1.04 bits per heavy atom. The van der Waals surface area contributed by atoms with E-state index in [1.54, 1.807) is 26.0 Å². The highest BCUT2D eigenvalue weighted by atomic mass is 16.5. The molecule has 3 heterocycles. The maximum Gasteiger partial charge on any atom is 0.348 e. The Morgan fingerprint density at radius 3 is 2.52 bits per heavy atom. The fourth-order valence-electron chi connectivity index (χ4n) is 3.70. The van der Waals surface area contributed by atoms with Gasteiger partial charge in [0.15, 0.2) is 11.7 Å². The van der Waals surface area contributed by atoms with E-state index in [1.165, 1.54) is 18.2 Å². The van der Waals surface area contributed by atoms with Crippen LogP contribution in [0.1, 0.15) is 25.5 Å². The highest BCUT2D eigenvalue weighted by molar-refractivity contribution is 6.13. The number of fused-ring (bicyclic) bond motifs is 6. The summed E-state index contributed by atoms with van der Waals surface area (Å²) in [6, 6.07) is 7.65. The Kier molecular flexibility index (Phi) is 3.01. The molecule has 2 atom stereocenters. The lowest BCUT2D eigenvalue weighted by molar-refractivity contribution is -0.0762. The molecule has 1 aliphatic heterocycles. The number of phenols is 1. The fourth-order valence-corrected chi connectivity index (χ4v) is 3.70. The van der Waals surface area contributed by atoms with Crippen molar-refractivity contribution >= 4 is 32.9 Å². The van der Waals surface area contributed by atoms with E-state index in [4.69, 9.17) is 13.6 Å². The van der Waals surface area contributed by atoms with Crippen LogP contribution in [0, 0.1) is 0 Å². The number of rotatable bonds is 1. The van der Waals surface area contributed by atoms with Gasteiger partial charge < -0.3 is 28.9 Å². The predicted molar refractivity (Wildman–Crippen MR) is 97.1 cm³/mol. The van der Waals surface area contributed by atoms with Crippen molar-refractivity contribution in [2.75, 3.05) is 0 Å². The maximum atomic E-state index is 12.5. The van der Waals surface area contributed by atoms with Gasteiger partial charge >= 0.3 is 5.63 Å².